The van der Waals surface area contributed by atoms with Crippen LogP contribution in [-0.4, -0.2) is 11.5 Å². The number of rotatable bonds is 2. The summed E-state index contributed by atoms with van der Waals surface area (Å²) in [6.45, 7) is 0. The van der Waals surface area contributed by atoms with Crippen LogP contribution >= 0.6 is 11.8 Å². The van der Waals surface area contributed by atoms with Crippen LogP contribution in [0.25, 0.3) is 0 Å². The van der Waals surface area contributed by atoms with Crippen molar-refractivity contribution in [3.05, 3.63) is 65.7 Å². The van der Waals surface area contributed by atoms with Crippen LogP contribution in [0, 0.1) is 0 Å². The molecule has 0 amide bonds. The second kappa shape index (κ2) is 5.27. The number of hydrogen-bond donors (Lipinski definition) is 1. The first-order chi connectivity index (χ1) is 8.93. The van der Waals surface area contributed by atoms with Gasteiger partial charge in [-0.3, -0.25) is 5.43 Å². The largest absolute Gasteiger partial charge is 0.278 e. The third-order valence-electron chi connectivity index (χ3n) is 2.92. The summed E-state index contributed by atoms with van der Waals surface area (Å²) in [5.74, 6) is 2.05. The first-order valence-electron chi connectivity index (χ1n) is 5.97. The maximum absolute atomic E-state index is 4.54. The highest BCUT2D eigenvalue weighted by atomic mass is 32.2. The zero-order valence-corrected chi connectivity index (χ0v) is 10.8. The number of para-hydroxylation sites is 1. The molecule has 0 aliphatic carbocycles. The van der Waals surface area contributed by atoms with Crippen molar-refractivity contribution >= 4 is 23.2 Å². The van der Waals surface area contributed by atoms with Crippen LogP contribution in [0.3, 0.4) is 0 Å². The van der Waals surface area contributed by atoms with Gasteiger partial charge in [-0.1, -0.05) is 42.5 Å². The van der Waals surface area contributed by atoms with Gasteiger partial charge in [0.15, 0.2) is 0 Å². The lowest BCUT2D eigenvalue weighted by molar-refractivity contribution is 1.29. The summed E-state index contributed by atoms with van der Waals surface area (Å²) in [6, 6.07) is 18.6. The third kappa shape index (κ3) is 2.41. The summed E-state index contributed by atoms with van der Waals surface area (Å²) in [4.78, 5) is 0. The maximum atomic E-state index is 4.54. The number of benzene rings is 2. The summed E-state index contributed by atoms with van der Waals surface area (Å²) in [5.41, 5.74) is 7.94. The highest BCUT2D eigenvalue weighted by Crippen LogP contribution is 2.24. The van der Waals surface area contributed by atoms with Gasteiger partial charge in [0.2, 0.25) is 0 Å². The molecule has 1 heterocycles. The number of hydrogen-bond acceptors (Lipinski definition) is 3. The lowest BCUT2D eigenvalue weighted by Crippen LogP contribution is -2.14. The Kier molecular flexibility index (Phi) is 3.33. The van der Waals surface area contributed by atoms with Crippen LogP contribution in [-0.2, 0) is 5.75 Å². The van der Waals surface area contributed by atoms with E-state index in [0.29, 0.717) is 0 Å². The molecule has 2 aromatic rings. The van der Waals surface area contributed by atoms with E-state index in [9.17, 15) is 0 Å². The van der Waals surface area contributed by atoms with E-state index in [1.165, 1.54) is 11.1 Å². The summed E-state index contributed by atoms with van der Waals surface area (Å²) >= 11 is 1.91. The second-order valence-electron chi connectivity index (χ2n) is 4.19. The minimum Gasteiger partial charge on any atom is -0.278 e. The molecule has 0 saturated heterocycles. The highest BCUT2D eigenvalue weighted by molar-refractivity contribution is 7.99. The Labute approximate surface area is 111 Å². The quantitative estimate of drug-likeness (QED) is 0.825. The van der Waals surface area contributed by atoms with Crippen LogP contribution in [0.5, 0.6) is 0 Å². The molecule has 2 aromatic carbocycles. The van der Waals surface area contributed by atoms with Crippen molar-refractivity contribution in [2.75, 3.05) is 11.2 Å². The van der Waals surface area contributed by atoms with Gasteiger partial charge >= 0.3 is 0 Å². The average Bonchev–Trinajstić information content (AvgIpc) is 2.46. The normalized spacial score (nSPS) is 16.3. The first-order valence-corrected chi connectivity index (χ1v) is 7.12. The Morgan fingerprint density at radius 3 is 2.56 bits per heavy atom. The van der Waals surface area contributed by atoms with E-state index in [0.717, 1.165) is 22.9 Å². The molecule has 1 N–H and O–H groups in total. The van der Waals surface area contributed by atoms with Gasteiger partial charge in [0.25, 0.3) is 0 Å². The molecule has 18 heavy (non-hydrogen) atoms. The van der Waals surface area contributed by atoms with Gasteiger partial charge in [0.05, 0.1) is 11.4 Å². The van der Waals surface area contributed by atoms with Gasteiger partial charge in [-0.2, -0.15) is 16.9 Å². The molecule has 0 spiro atoms. The molecule has 0 unspecified atom stereocenters. The van der Waals surface area contributed by atoms with Crippen LogP contribution in [0.2, 0.25) is 0 Å². The number of nitrogens with zero attached hydrogens (tertiary/aromatic N) is 1. The molecule has 1 aliphatic rings. The molecule has 0 saturated carbocycles. The fourth-order valence-corrected chi connectivity index (χ4v) is 2.99. The number of fused-ring (bicyclic) bond motifs is 1. The standard InChI is InChI=1S/C15H14N2S/c1-2-7-13(8-3-1)16-17-15-11-18-10-12-6-4-5-9-14(12)15/h1-9,16H,10-11H2. The van der Waals surface area contributed by atoms with Crippen molar-refractivity contribution in [3.63, 3.8) is 0 Å². The Morgan fingerprint density at radius 1 is 0.889 bits per heavy atom. The molecule has 3 heteroatoms. The van der Waals surface area contributed by atoms with Crippen molar-refractivity contribution in [2.45, 2.75) is 5.75 Å². The average molecular weight is 254 g/mol. The SMILES string of the molecule is c1ccc(NN=C2CSCc3ccccc32)cc1. The zero-order valence-electron chi connectivity index (χ0n) is 9.97. The monoisotopic (exact) mass is 254 g/mol. The minimum atomic E-state index is 0.969. The van der Waals surface area contributed by atoms with E-state index in [4.69, 9.17) is 0 Å². The molecule has 0 fully saturated rings. The Hall–Kier alpha value is -1.74. The fourth-order valence-electron chi connectivity index (χ4n) is 2.00. The van der Waals surface area contributed by atoms with Gasteiger partial charge in [-0.05, 0) is 17.7 Å². The van der Waals surface area contributed by atoms with Crippen molar-refractivity contribution in [2.24, 2.45) is 5.10 Å². The Balaban J connectivity index is 1.85. The van der Waals surface area contributed by atoms with Crippen molar-refractivity contribution in [1.29, 1.82) is 0 Å². The molecule has 3 rings (SSSR count). The van der Waals surface area contributed by atoms with Gasteiger partial charge in [0.1, 0.15) is 0 Å². The molecular formula is C15H14N2S. The number of hydrazone groups is 1. The predicted molar refractivity (Wildman–Crippen MR) is 79.2 cm³/mol. The molecule has 0 aromatic heterocycles. The fraction of sp³-hybridized carbons (Fsp3) is 0.133. The lowest BCUT2D eigenvalue weighted by atomic mass is 10.0. The maximum Gasteiger partial charge on any atom is 0.0781 e. The molecule has 0 bridgehead atoms. The molecule has 90 valence electrons. The molecule has 0 radical (unpaired) electrons. The topological polar surface area (TPSA) is 24.4 Å². The zero-order chi connectivity index (χ0) is 12.2. The Bertz CT molecular complexity index is 564. The first kappa shape index (κ1) is 11.4. The van der Waals surface area contributed by atoms with Crippen molar-refractivity contribution in [3.8, 4) is 0 Å². The Morgan fingerprint density at radius 2 is 1.67 bits per heavy atom. The minimum absolute atomic E-state index is 0.969. The van der Waals surface area contributed by atoms with E-state index in [2.05, 4.69) is 34.8 Å². The number of anilines is 1. The summed E-state index contributed by atoms with van der Waals surface area (Å²) in [6.07, 6.45) is 0. The van der Waals surface area contributed by atoms with E-state index in [1.54, 1.807) is 0 Å². The summed E-state index contributed by atoms with van der Waals surface area (Å²) in [7, 11) is 0. The van der Waals surface area contributed by atoms with Crippen LogP contribution in [0.4, 0.5) is 5.69 Å². The molecule has 0 atom stereocenters. The van der Waals surface area contributed by atoms with Crippen molar-refractivity contribution < 1.29 is 0 Å². The van der Waals surface area contributed by atoms with Gasteiger partial charge < -0.3 is 0 Å². The highest BCUT2D eigenvalue weighted by Gasteiger charge is 2.14. The van der Waals surface area contributed by atoms with E-state index in [1.807, 2.05) is 42.1 Å². The molecule has 2 nitrogen and oxygen atoms in total. The summed E-state index contributed by atoms with van der Waals surface area (Å²) < 4.78 is 0. The van der Waals surface area contributed by atoms with Gasteiger partial charge in [0, 0.05) is 17.1 Å². The molecular weight excluding hydrogens is 240 g/mol. The smallest absolute Gasteiger partial charge is 0.0781 e. The van der Waals surface area contributed by atoms with E-state index in [-0.39, 0.29) is 0 Å². The second-order valence-corrected chi connectivity index (χ2v) is 5.17. The lowest BCUT2D eigenvalue weighted by Gasteiger charge is -2.17. The van der Waals surface area contributed by atoms with Crippen LogP contribution < -0.4 is 5.43 Å². The van der Waals surface area contributed by atoms with Crippen LogP contribution in [0.15, 0.2) is 59.7 Å². The summed E-state index contributed by atoms with van der Waals surface area (Å²) in [5, 5.41) is 4.54. The number of thioether (sulfide) groups is 1. The van der Waals surface area contributed by atoms with E-state index < -0.39 is 0 Å². The van der Waals surface area contributed by atoms with E-state index >= 15 is 0 Å². The third-order valence-corrected chi connectivity index (χ3v) is 3.91. The predicted octanol–water partition coefficient (Wildman–Crippen LogP) is 3.75. The van der Waals surface area contributed by atoms with Crippen LogP contribution in [0.1, 0.15) is 11.1 Å². The van der Waals surface area contributed by atoms with Gasteiger partial charge in [-0.25, -0.2) is 0 Å². The van der Waals surface area contributed by atoms with Gasteiger partial charge in [-0.15, -0.1) is 0 Å². The van der Waals surface area contributed by atoms with Crippen molar-refractivity contribution in [1.82, 2.24) is 0 Å². The number of nitrogens with one attached hydrogen (secondary N) is 1. The molecule has 1 aliphatic heterocycles.